The van der Waals surface area contributed by atoms with Crippen molar-refractivity contribution in [2.45, 2.75) is 6.10 Å². The molecule has 1 aliphatic rings. The Kier molecular flexibility index (Phi) is 2.76. The number of anilines is 1. The van der Waals surface area contributed by atoms with E-state index >= 15 is 0 Å². The van der Waals surface area contributed by atoms with Crippen molar-refractivity contribution in [2.24, 2.45) is 0 Å². The maximum atomic E-state index is 11.5. The van der Waals surface area contributed by atoms with Crippen LogP contribution in [0.1, 0.15) is 0 Å². The van der Waals surface area contributed by atoms with Gasteiger partial charge in [0.1, 0.15) is 0 Å². The van der Waals surface area contributed by atoms with Gasteiger partial charge in [-0.2, -0.15) is 0 Å². The van der Waals surface area contributed by atoms with E-state index in [0.29, 0.717) is 13.3 Å². The molecule has 0 saturated carbocycles. The fraction of sp³-hybridized carbons (Fsp3) is 0.300. The van der Waals surface area contributed by atoms with Crippen LogP contribution in [0.2, 0.25) is 0 Å². The molecule has 14 heavy (non-hydrogen) atoms. The largest absolute Gasteiger partial charge is 0.352 e. The van der Waals surface area contributed by atoms with Crippen LogP contribution in [0.4, 0.5) is 5.69 Å². The summed E-state index contributed by atoms with van der Waals surface area (Å²) in [4.78, 5) is 11.5. The molecule has 1 aromatic carbocycles. The van der Waals surface area contributed by atoms with Gasteiger partial charge in [-0.1, -0.05) is 18.2 Å². The molecule has 74 valence electrons. The zero-order valence-corrected chi connectivity index (χ0v) is 7.69. The first kappa shape index (κ1) is 9.18. The third kappa shape index (κ3) is 2.10. The SMILES string of the molecule is O=C(Nc1ccccc1)C1CNCO1. The van der Waals surface area contributed by atoms with E-state index in [-0.39, 0.29) is 12.0 Å². The summed E-state index contributed by atoms with van der Waals surface area (Å²) in [7, 11) is 0. The van der Waals surface area contributed by atoms with Crippen molar-refractivity contribution in [1.29, 1.82) is 0 Å². The van der Waals surface area contributed by atoms with Gasteiger partial charge >= 0.3 is 0 Å². The number of hydrogen-bond acceptors (Lipinski definition) is 3. The van der Waals surface area contributed by atoms with Crippen LogP contribution >= 0.6 is 0 Å². The second-order valence-corrected chi connectivity index (χ2v) is 3.11. The third-order valence-corrected chi connectivity index (χ3v) is 2.05. The minimum absolute atomic E-state index is 0.0961. The molecule has 4 heteroatoms. The first-order valence-corrected chi connectivity index (χ1v) is 4.54. The number of carbonyl (C=O) groups is 1. The lowest BCUT2D eigenvalue weighted by Gasteiger charge is -2.08. The number of nitrogens with one attached hydrogen (secondary N) is 2. The Balaban J connectivity index is 1.94. The Morgan fingerprint density at radius 2 is 2.21 bits per heavy atom. The monoisotopic (exact) mass is 192 g/mol. The normalized spacial score (nSPS) is 20.7. The van der Waals surface area contributed by atoms with Crippen LogP contribution in [0.15, 0.2) is 30.3 Å². The summed E-state index contributed by atoms with van der Waals surface area (Å²) < 4.78 is 5.16. The average Bonchev–Trinajstić information content (AvgIpc) is 2.72. The molecule has 2 rings (SSSR count). The molecule has 1 heterocycles. The summed E-state index contributed by atoms with van der Waals surface area (Å²) in [6, 6.07) is 9.36. The maximum absolute atomic E-state index is 11.5. The van der Waals surface area contributed by atoms with Gasteiger partial charge in [0, 0.05) is 12.2 Å². The molecule has 0 bridgehead atoms. The van der Waals surface area contributed by atoms with Crippen molar-refractivity contribution in [2.75, 3.05) is 18.6 Å². The van der Waals surface area contributed by atoms with Crippen LogP contribution in [0, 0.1) is 0 Å². The highest BCUT2D eigenvalue weighted by Crippen LogP contribution is 2.07. The molecule has 1 fully saturated rings. The van der Waals surface area contributed by atoms with Gasteiger partial charge in [0.2, 0.25) is 0 Å². The minimum atomic E-state index is -0.366. The molecule has 0 radical (unpaired) electrons. The standard InChI is InChI=1S/C10H12N2O2/c13-10(9-6-11-7-14-9)12-8-4-2-1-3-5-8/h1-5,9,11H,6-7H2,(H,12,13). The molecule has 1 aliphatic heterocycles. The summed E-state index contributed by atoms with van der Waals surface area (Å²) in [6.07, 6.45) is -0.366. The highest BCUT2D eigenvalue weighted by atomic mass is 16.5. The summed E-state index contributed by atoms with van der Waals surface area (Å²) in [5.74, 6) is -0.0961. The van der Waals surface area contributed by atoms with E-state index < -0.39 is 0 Å². The lowest BCUT2D eigenvalue weighted by molar-refractivity contribution is -0.124. The molecule has 4 nitrogen and oxygen atoms in total. The second kappa shape index (κ2) is 4.21. The van der Waals surface area contributed by atoms with Gasteiger partial charge in [-0.3, -0.25) is 10.1 Å². The molecule has 0 aromatic heterocycles. The Hall–Kier alpha value is -1.39. The zero-order valence-electron chi connectivity index (χ0n) is 7.69. The van der Waals surface area contributed by atoms with Gasteiger partial charge in [-0.05, 0) is 12.1 Å². The van der Waals surface area contributed by atoms with E-state index in [1.807, 2.05) is 30.3 Å². The molecular formula is C10H12N2O2. The Labute approximate surface area is 82.3 Å². The van der Waals surface area contributed by atoms with Gasteiger partial charge in [-0.25, -0.2) is 0 Å². The van der Waals surface area contributed by atoms with Gasteiger partial charge in [-0.15, -0.1) is 0 Å². The lowest BCUT2D eigenvalue weighted by atomic mass is 10.3. The van der Waals surface area contributed by atoms with E-state index in [4.69, 9.17) is 4.74 Å². The molecule has 1 atom stereocenters. The predicted octanol–water partition coefficient (Wildman–Crippen LogP) is 0.571. The van der Waals surface area contributed by atoms with Crippen LogP contribution in [0.25, 0.3) is 0 Å². The van der Waals surface area contributed by atoms with Crippen LogP contribution < -0.4 is 10.6 Å². The van der Waals surface area contributed by atoms with E-state index in [1.54, 1.807) is 0 Å². The average molecular weight is 192 g/mol. The van der Waals surface area contributed by atoms with E-state index in [1.165, 1.54) is 0 Å². The van der Waals surface area contributed by atoms with Gasteiger partial charge in [0.25, 0.3) is 5.91 Å². The first-order chi connectivity index (χ1) is 6.86. The predicted molar refractivity (Wildman–Crippen MR) is 52.8 cm³/mol. The molecule has 0 aliphatic carbocycles. The van der Waals surface area contributed by atoms with Gasteiger partial charge in [0.15, 0.2) is 6.10 Å². The molecule has 1 saturated heterocycles. The fourth-order valence-corrected chi connectivity index (χ4v) is 1.32. The van der Waals surface area contributed by atoms with Crippen molar-refractivity contribution in [3.8, 4) is 0 Å². The van der Waals surface area contributed by atoms with Crippen molar-refractivity contribution in [1.82, 2.24) is 5.32 Å². The minimum Gasteiger partial charge on any atom is -0.352 e. The van der Waals surface area contributed by atoms with E-state index in [0.717, 1.165) is 5.69 Å². The Morgan fingerprint density at radius 3 is 2.86 bits per heavy atom. The van der Waals surface area contributed by atoms with E-state index in [2.05, 4.69) is 10.6 Å². The molecule has 1 amide bonds. The van der Waals surface area contributed by atoms with Crippen LogP contribution in [0.5, 0.6) is 0 Å². The van der Waals surface area contributed by atoms with Crippen molar-refractivity contribution < 1.29 is 9.53 Å². The number of benzene rings is 1. The summed E-state index contributed by atoms with van der Waals surface area (Å²) in [5.41, 5.74) is 0.799. The summed E-state index contributed by atoms with van der Waals surface area (Å²) in [5, 5.41) is 5.74. The molecular weight excluding hydrogens is 180 g/mol. The first-order valence-electron chi connectivity index (χ1n) is 4.54. The van der Waals surface area contributed by atoms with Crippen molar-refractivity contribution >= 4 is 11.6 Å². The van der Waals surface area contributed by atoms with E-state index in [9.17, 15) is 4.79 Å². The number of ether oxygens (including phenoxy) is 1. The van der Waals surface area contributed by atoms with Gasteiger partial charge in [0.05, 0.1) is 6.73 Å². The number of para-hydroxylation sites is 1. The number of amides is 1. The quantitative estimate of drug-likeness (QED) is 0.720. The molecule has 1 unspecified atom stereocenters. The Bertz CT molecular complexity index is 307. The highest BCUT2D eigenvalue weighted by Gasteiger charge is 2.22. The fourth-order valence-electron chi connectivity index (χ4n) is 1.32. The number of rotatable bonds is 2. The highest BCUT2D eigenvalue weighted by molar-refractivity contribution is 5.94. The number of hydrogen-bond donors (Lipinski definition) is 2. The van der Waals surface area contributed by atoms with Crippen LogP contribution in [-0.4, -0.2) is 25.3 Å². The third-order valence-electron chi connectivity index (χ3n) is 2.05. The maximum Gasteiger partial charge on any atom is 0.254 e. The molecule has 2 N–H and O–H groups in total. The lowest BCUT2D eigenvalue weighted by Crippen LogP contribution is -2.30. The Morgan fingerprint density at radius 1 is 1.43 bits per heavy atom. The smallest absolute Gasteiger partial charge is 0.254 e. The van der Waals surface area contributed by atoms with Crippen molar-refractivity contribution in [3.63, 3.8) is 0 Å². The van der Waals surface area contributed by atoms with Crippen LogP contribution in [0.3, 0.4) is 0 Å². The summed E-state index contributed by atoms with van der Waals surface area (Å²) in [6.45, 7) is 1.03. The number of carbonyl (C=O) groups excluding carboxylic acids is 1. The summed E-state index contributed by atoms with van der Waals surface area (Å²) >= 11 is 0. The zero-order chi connectivity index (χ0) is 9.80. The topological polar surface area (TPSA) is 50.4 Å². The van der Waals surface area contributed by atoms with Gasteiger partial charge < -0.3 is 10.1 Å². The van der Waals surface area contributed by atoms with Crippen molar-refractivity contribution in [3.05, 3.63) is 30.3 Å². The molecule has 1 aromatic rings. The van der Waals surface area contributed by atoms with Crippen LogP contribution in [-0.2, 0) is 9.53 Å². The molecule has 0 spiro atoms. The second-order valence-electron chi connectivity index (χ2n) is 3.11.